The zero-order chi connectivity index (χ0) is 12.8. The van der Waals surface area contributed by atoms with Crippen molar-refractivity contribution in [1.29, 1.82) is 0 Å². The number of nitrogens with one attached hydrogen (secondary N) is 1. The molecule has 1 heterocycles. The smallest absolute Gasteiger partial charge is 0.185 e. The van der Waals surface area contributed by atoms with Crippen LogP contribution in [-0.2, 0) is 9.84 Å². The standard InChI is InChI=1S/C12H16BrNO2S/c1-12(2,3)10-7-14-11-8(13)5-4-6-9(11)17(10,15)16/h4-6,10,14H,7H2,1-3H3. The third-order valence-corrected chi connectivity index (χ3v) is 6.32. The minimum Gasteiger partial charge on any atom is -0.382 e. The number of benzene rings is 1. The van der Waals surface area contributed by atoms with E-state index in [1.807, 2.05) is 26.8 Å². The molecule has 1 atom stereocenters. The van der Waals surface area contributed by atoms with Crippen LogP contribution in [0.3, 0.4) is 0 Å². The lowest BCUT2D eigenvalue weighted by Crippen LogP contribution is -2.43. The molecule has 0 spiro atoms. The molecule has 1 aliphatic rings. The SMILES string of the molecule is CC(C)(C)C1CNc2c(Br)cccc2S1(=O)=O. The van der Waals surface area contributed by atoms with E-state index in [9.17, 15) is 8.42 Å². The van der Waals surface area contributed by atoms with Gasteiger partial charge in [0, 0.05) is 11.0 Å². The van der Waals surface area contributed by atoms with E-state index in [0.717, 1.165) is 4.47 Å². The Morgan fingerprint density at radius 3 is 2.59 bits per heavy atom. The molecule has 0 saturated heterocycles. The van der Waals surface area contributed by atoms with E-state index in [0.29, 0.717) is 17.1 Å². The van der Waals surface area contributed by atoms with Gasteiger partial charge in [0.2, 0.25) is 0 Å². The summed E-state index contributed by atoms with van der Waals surface area (Å²) in [6.45, 7) is 6.33. The summed E-state index contributed by atoms with van der Waals surface area (Å²) in [4.78, 5) is 0.401. The summed E-state index contributed by atoms with van der Waals surface area (Å²) < 4.78 is 25.9. The average molecular weight is 318 g/mol. The molecule has 0 fully saturated rings. The summed E-state index contributed by atoms with van der Waals surface area (Å²) in [7, 11) is -3.26. The van der Waals surface area contributed by atoms with Gasteiger partial charge < -0.3 is 5.32 Å². The van der Waals surface area contributed by atoms with Gasteiger partial charge in [0.05, 0.1) is 15.8 Å². The van der Waals surface area contributed by atoms with Crippen LogP contribution in [0.25, 0.3) is 0 Å². The van der Waals surface area contributed by atoms with Crippen molar-refractivity contribution < 1.29 is 8.42 Å². The number of fused-ring (bicyclic) bond motifs is 1. The summed E-state index contributed by atoms with van der Waals surface area (Å²) in [6, 6.07) is 5.27. The quantitative estimate of drug-likeness (QED) is 0.800. The predicted octanol–water partition coefficient (Wildman–Crippen LogP) is 3.06. The Morgan fingerprint density at radius 1 is 1.35 bits per heavy atom. The van der Waals surface area contributed by atoms with Gasteiger partial charge in [-0.3, -0.25) is 0 Å². The van der Waals surface area contributed by atoms with Gasteiger partial charge in [0.15, 0.2) is 9.84 Å². The van der Waals surface area contributed by atoms with Crippen LogP contribution in [-0.4, -0.2) is 20.2 Å². The molecule has 94 valence electrons. The fourth-order valence-electron chi connectivity index (χ4n) is 2.14. The second-order valence-corrected chi connectivity index (χ2v) is 8.35. The molecule has 1 aromatic rings. The Balaban J connectivity index is 2.62. The van der Waals surface area contributed by atoms with E-state index in [4.69, 9.17) is 0 Å². The number of halogens is 1. The van der Waals surface area contributed by atoms with Gasteiger partial charge in [-0.15, -0.1) is 0 Å². The van der Waals surface area contributed by atoms with Gasteiger partial charge in [-0.25, -0.2) is 8.42 Å². The molecule has 0 amide bonds. The number of anilines is 1. The van der Waals surface area contributed by atoms with Crippen LogP contribution in [0, 0.1) is 5.41 Å². The normalized spacial score (nSPS) is 22.7. The van der Waals surface area contributed by atoms with E-state index in [1.54, 1.807) is 12.1 Å². The van der Waals surface area contributed by atoms with Gasteiger partial charge >= 0.3 is 0 Å². The maximum absolute atomic E-state index is 12.5. The van der Waals surface area contributed by atoms with Crippen molar-refractivity contribution in [3.05, 3.63) is 22.7 Å². The Bertz CT molecular complexity index is 546. The van der Waals surface area contributed by atoms with Crippen LogP contribution in [0.1, 0.15) is 20.8 Å². The fourth-order valence-corrected chi connectivity index (χ4v) is 5.06. The average Bonchev–Trinajstić information content (AvgIpc) is 2.17. The van der Waals surface area contributed by atoms with Crippen LogP contribution in [0.5, 0.6) is 0 Å². The Hall–Kier alpha value is -0.550. The summed E-state index contributed by atoms with van der Waals surface area (Å²) in [5.74, 6) is 0. The summed E-state index contributed by atoms with van der Waals surface area (Å²) in [5.41, 5.74) is 0.416. The number of para-hydroxylation sites is 1. The monoisotopic (exact) mass is 317 g/mol. The van der Waals surface area contributed by atoms with Crippen molar-refractivity contribution in [3.63, 3.8) is 0 Å². The van der Waals surface area contributed by atoms with E-state index in [-0.39, 0.29) is 5.41 Å². The Morgan fingerprint density at radius 2 is 2.00 bits per heavy atom. The van der Waals surface area contributed by atoms with Gasteiger partial charge in [-0.2, -0.15) is 0 Å². The molecule has 1 aromatic carbocycles. The second-order valence-electron chi connectivity index (χ2n) is 5.39. The van der Waals surface area contributed by atoms with Crippen molar-refractivity contribution in [3.8, 4) is 0 Å². The van der Waals surface area contributed by atoms with Crippen LogP contribution in [0.4, 0.5) is 5.69 Å². The number of rotatable bonds is 0. The Kier molecular flexibility index (Phi) is 3.02. The molecule has 1 aliphatic heterocycles. The maximum atomic E-state index is 12.5. The highest BCUT2D eigenvalue weighted by Crippen LogP contribution is 2.40. The first-order chi connectivity index (χ1) is 7.74. The lowest BCUT2D eigenvalue weighted by Gasteiger charge is -2.35. The molecule has 2 rings (SSSR count). The maximum Gasteiger partial charge on any atom is 0.185 e. The van der Waals surface area contributed by atoms with E-state index in [2.05, 4.69) is 21.2 Å². The Labute approximate surface area is 111 Å². The van der Waals surface area contributed by atoms with Gasteiger partial charge in [0.1, 0.15) is 0 Å². The van der Waals surface area contributed by atoms with Crippen LogP contribution < -0.4 is 5.32 Å². The fraction of sp³-hybridized carbons (Fsp3) is 0.500. The van der Waals surface area contributed by atoms with Crippen molar-refractivity contribution in [2.24, 2.45) is 5.41 Å². The molecule has 0 aromatic heterocycles. The number of sulfone groups is 1. The second kappa shape index (κ2) is 3.99. The van der Waals surface area contributed by atoms with Gasteiger partial charge in [-0.05, 0) is 33.5 Å². The molecule has 5 heteroatoms. The van der Waals surface area contributed by atoms with Crippen molar-refractivity contribution in [2.45, 2.75) is 30.9 Å². The van der Waals surface area contributed by atoms with Gasteiger partial charge in [-0.1, -0.05) is 26.8 Å². The zero-order valence-electron chi connectivity index (χ0n) is 10.1. The number of hydrogen-bond donors (Lipinski definition) is 1. The van der Waals surface area contributed by atoms with Crippen molar-refractivity contribution in [2.75, 3.05) is 11.9 Å². The van der Waals surface area contributed by atoms with Crippen LogP contribution in [0.2, 0.25) is 0 Å². The topological polar surface area (TPSA) is 46.2 Å². The third-order valence-electron chi connectivity index (χ3n) is 3.09. The molecule has 1 N–H and O–H groups in total. The van der Waals surface area contributed by atoms with Crippen molar-refractivity contribution >= 4 is 31.5 Å². The summed E-state index contributed by atoms with van der Waals surface area (Å²) >= 11 is 3.38. The molecule has 3 nitrogen and oxygen atoms in total. The minimum absolute atomic E-state index is 0.272. The lowest BCUT2D eigenvalue weighted by molar-refractivity contribution is 0.382. The summed E-state index contributed by atoms with van der Waals surface area (Å²) in [6.07, 6.45) is 0. The largest absolute Gasteiger partial charge is 0.382 e. The molecular weight excluding hydrogens is 302 g/mol. The zero-order valence-corrected chi connectivity index (χ0v) is 12.5. The molecule has 0 saturated carbocycles. The van der Waals surface area contributed by atoms with Gasteiger partial charge in [0.25, 0.3) is 0 Å². The lowest BCUT2D eigenvalue weighted by atomic mass is 9.91. The molecular formula is C12H16BrNO2S. The highest BCUT2D eigenvalue weighted by Gasteiger charge is 2.41. The van der Waals surface area contributed by atoms with Crippen LogP contribution in [0.15, 0.2) is 27.6 Å². The molecule has 1 unspecified atom stereocenters. The minimum atomic E-state index is -3.26. The first-order valence-electron chi connectivity index (χ1n) is 5.51. The number of hydrogen-bond acceptors (Lipinski definition) is 3. The van der Waals surface area contributed by atoms with E-state index < -0.39 is 15.1 Å². The first-order valence-corrected chi connectivity index (χ1v) is 7.85. The first kappa shape index (κ1) is 12.9. The molecule has 0 radical (unpaired) electrons. The van der Waals surface area contributed by atoms with Crippen LogP contribution >= 0.6 is 15.9 Å². The highest BCUT2D eigenvalue weighted by atomic mass is 79.9. The predicted molar refractivity (Wildman–Crippen MR) is 73.1 cm³/mol. The summed E-state index contributed by atoms with van der Waals surface area (Å²) in [5, 5.41) is 2.83. The van der Waals surface area contributed by atoms with E-state index >= 15 is 0 Å². The molecule has 0 bridgehead atoms. The van der Waals surface area contributed by atoms with Crippen molar-refractivity contribution in [1.82, 2.24) is 0 Å². The molecule has 0 aliphatic carbocycles. The highest BCUT2D eigenvalue weighted by molar-refractivity contribution is 9.10. The molecule has 17 heavy (non-hydrogen) atoms. The van der Waals surface area contributed by atoms with E-state index in [1.165, 1.54) is 0 Å². The third kappa shape index (κ3) is 2.10.